The Hall–Kier alpha value is -1.37. The van der Waals surface area contributed by atoms with Crippen LogP contribution in [0.15, 0.2) is 17.7 Å². The molecule has 1 rings (SSSR count). The number of carbonyl (C=O) groups is 1. The first kappa shape index (κ1) is 20.6. The summed E-state index contributed by atoms with van der Waals surface area (Å²) in [4.78, 5) is 11.3. The molecule has 0 amide bonds. The molecule has 0 saturated carbocycles. The van der Waals surface area contributed by atoms with Crippen molar-refractivity contribution in [1.82, 2.24) is 0 Å². The van der Waals surface area contributed by atoms with Crippen LogP contribution in [0.4, 0.5) is 0 Å². The number of allylic oxidation sites excluding steroid dienone is 2. The van der Waals surface area contributed by atoms with Gasteiger partial charge in [-0.15, -0.1) is 0 Å². The fourth-order valence-corrected chi connectivity index (χ4v) is 2.25. The Morgan fingerprint density at radius 2 is 1.91 bits per heavy atom. The second-order valence-corrected chi connectivity index (χ2v) is 5.49. The first-order valence-corrected chi connectivity index (χ1v) is 7.29. The molecule has 1 aromatic carbocycles. The van der Waals surface area contributed by atoms with E-state index in [0.717, 1.165) is 24.8 Å². The number of unbranched alkanes of at least 4 members (excludes halogenated alkanes) is 2. The number of aromatic hydroxyl groups is 2. The SMILES string of the molecule is CCCCCc1cc(O)c(CC=C(C)C)c(O)c1C(=O)[O-].[Li+]. The van der Waals surface area contributed by atoms with Crippen LogP contribution in [-0.2, 0) is 12.8 Å². The van der Waals surface area contributed by atoms with Crippen LogP contribution in [0.2, 0.25) is 0 Å². The van der Waals surface area contributed by atoms with Crippen LogP contribution in [-0.4, -0.2) is 16.2 Å². The number of benzene rings is 1. The van der Waals surface area contributed by atoms with Gasteiger partial charge in [-0.2, -0.15) is 0 Å². The number of rotatable bonds is 7. The summed E-state index contributed by atoms with van der Waals surface area (Å²) < 4.78 is 0. The van der Waals surface area contributed by atoms with Crippen LogP contribution in [0, 0.1) is 0 Å². The Morgan fingerprint density at radius 1 is 1.27 bits per heavy atom. The van der Waals surface area contributed by atoms with Crippen LogP contribution >= 0.6 is 0 Å². The van der Waals surface area contributed by atoms with Crippen molar-refractivity contribution in [3.8, 4) is 11.5 Å². The van der Waals surface area contributed by atoms with Crippen molar-refractivity contribution < 1.29 is 39.0 Å². The van der Waals surface area contributed by atoms with Crippen LogP contribution in [0.25, 0.3) is 0 Å². The van der Waals surface area contributed by atoms with Crippen molar-refractivity contribution in [3.63, 3.8) is 0 Å². The largest absolute Gasteiger partial charge is 1.00 e. The Morgan fingerprint density at radius 3 is 2.41 bits per heavy atom. The van der Waals surface area contributed by atoms with Gasteiger partial charge in [-0.25, -0.2) is 0 Å². The molecule has 0 aliphatic rings. The topological polar surface area (TPSA) is 80.6 Å². The molecule has 22 heavy (non-hydrogen) atoms. The number of phenols is 2. The van der Waals surface area contributed by atoms with E-state index in [9.17, 15) is 20.1 Å². The van der Waals surface area contributed by atoms with Crippen molar-refractivity contribution in [2.45, 2.75) is 52.9 Å². The molecule has 0 fully saturated rings. The van der Waals surface area contributed by atoms with E-state index in [-0.39, 0.29) is 47.9 Å². The number of hydrogen-bond donors (Lipinski definition) is 2. The zero-order chi connectivity index (χ0) is 16.0. The summed E-state index contributed by atoms with van der Waals surface area (Å²) in [5, 5.41) is 31.5. The van der Waals surface area contributed by atoms with E-state index in [1.54, 1.807) is 0 Å². The van der Waals surface area contributed by atoms with Gasteiger partial charge in [0.25, 0.3) is 0 Å². The maximum Gasteiger partial charge on any atom is 1.00 e. The van der Waals surface area contributed by atoms with Crippen molar-refractivity contribution in [2.24, 2.45) is 0 Å². The summed E-state index contributed by atoms with van der Waals surface area (Å²) >= 11 is 0. The van der Waals surface area contributed by atoms with Gasteiger partial charge in [0, 0.05) is 11.1 Å². The molecule has 116 valence electrons. The Balaban J connectivity index is 0.00000441. The first-order valence-electron chi connectivity index (χ1n) is 7.29. The van der Waals surface area contributed by atoms with E-state index < -0.39 is 5.97 Å². The van der Waals surface area contributed by atoms with Crippen LogP contribution in [0.5, 0.6) is 11.5 Å². The molecule has 0 radical (unpaired) electrons. The first-order chi connectivity index (χ1) is 9.88. The minimum Gasteiger partial charge on any atom is -0.545 e. The minimum atomic E-state index is -1.41. The average Bonchev–Trinajstić information content (AvgIpc) is 2.37. The quantitative estimate of drug-likeness (QED) is 0.412. The average molecular weight is 298 g/mol. The molecular weight excluding hydrogens is 275 g/mol. The van der Waals surface area contributed by atoms with Gasteiger partial charge >= 0.3 is 18.9 Å². The fraction of sp³-hybridized carbons (Fsp3) is 0.471. The summed E-state index contributed by atoms with van der Waals surface area (Å²) in [6, 6.07) is 1.44. The van der Waals surface area contributed by atoms with E-state index in [1.165, 1.54) is 6.07 Å². The molecule has 0 unspecified atom stereocenters. The maximum absolute atomic E-state index is 11.3. The molecule has 0 spiro atoms. The Labute approximate surface area is 144 Å². The predicted octanol–water partition coefficient (Wildman–Crippen LogP) is -0.293. The molecule has 0 heterocycles. The van der Waals surface area contributed by atoms with Crippen molar-refractivity contribution in [1.29, 1.82) is 0 Å². The smallest absolute Gasteiger partial charge is 0.545 e. The van der Waals surface area contributed by atoms with Gasteiger partial charge in [0.15, 0.2) is 0 Å². The van der Waals surface area contributed by atoms with Crippen LogP contribution in [0.3, 0.4) is 0 Å². The molecule has 0 bridgehead atoms. The second kappa shape index (κ2) is 9.61. The van der Waals surface area contributed by atoms with E-state index in [2.05, 4.69) is 6.92 Å². The zero-order valence-electron chi connectivity index (χ0n) is 13.9. The van der Waals surface area contributed by atoms with Gasteiger partial charge in [-0.05, 0) is 44.7 Å². The molecule has 0 aliphatic heterocycles. The number of phenolic OH excluding ortho intramolecular Hbond substituents is 1. The van der Waals surface area contributed by atoms with Gasteiger partial charge in [-0.1, -0.05) is 31.4 Å². The molecular formula is C17H23LiO4. The third-order valence-corrected chi connectivity index (χ3v) is 3.43. The van der Waals surface area contributed by atoms with E-state index >= 15 is 0 Å². The third kappa shape index (κ3) is 5.44. The van der Waals surface area contributed by atoms with E-state index in [1.807, 2.05) is 19.9 Å². The van der Waals surface area contributed by atoms with Gasteiger partial charge in [-0.3, -0.25) is 0 Å². The molecule has 0 aliphatic carbocycles. The van der Waals surface area contributed by atoms with Crippen molar-refractivity contribution in [3.05, 3.63) is 34.4 Å². The number of aromatic carboxylic acids is 1. The van der Waals surface area contributed by atoms with Gasteiger partial charge < -0.3 is 20.1 Å². The number of hydrogen-bond acceptors (Lipinski definition) is 4. The fourth-order valence-electron chi connectivity index (χ4n) is 2.25. The summed E-state index contributed by atoms with van der Waals surface area (Å²) in [6.07, 6.45) is 5.40. The summed E-state index contributed by atoms with van der Waals surface area (Å²) in [6.45, 7) is 5.84. The maximum atomic E-state index is 11.3. The number of aryl methyl sites for hydroxylation is 1. The molecule has 0 atom stereocenters. The van der Waals surface area contributed by atoms with Gasteiger partial charge in [0.1, 0.15) is 11.5 Å². The predicted molar refractivity (Wildman–Crippen MR) is 80.5 cm³/mol. The molecule has 5 heteroatoms. The number of carboxylic acid groups (broad SMARTS) is 1. The van der Waals surface area contributed by atoms with Gasteiger partial charge in [0.2, 0.25) is 0 Å². The molecule has 1 aromatic rings. The minimum absolute atomic E-state index is 0. The molecule has 2 N–H and O–H groups in total. The standard InChI is InChI=1S/C17H24O4.Li/c1-4-5-6-7-12-10-14(18)13(9-8-11(2)3)16(19)15(12)17(20)21;/h8,10,18-19H,4-7,9H2,1-3H3,(H,20,21);/q;+1/p-1. The van der Waals surface area contributed by atoms with Crippen LogP contribution in [0.1, 0.15) is 61.5 Å². The summed E-state index contributed by atoms with van der Waals surface area (Å²) in [5.41, 5.74) is 1.49. The molecule has 0 aromatic heterocycles. The Kier molecular flexibility index (Phi) is 9.01. The normalized spacial score (nSPS) is 9.95. The number of carbonyl (C=O) groups excluding carboxylic acids is 1. The zero-order valence-corrected chi connectivity index (χ0v) is 13.9. The summed E-state index contributed by atoms with van der Waals surface area (Å²) in [7, 11) is 0. The third-order valence-electron chi connectivity index (χ3n) is 3.43. The number of carboxylic acids is 1. The van der Waals surface area contributed by atoms with Crippen LogP contribution < -0.4 is 24.0 Å². The van der Waals surface area contributed by atoms with Crippen molar-refractivity contribution in [2.75, 3.05) is 0 Å². The Bertz CT molecular complexity index is 546. The molecule has 4 nitrogen and oxygen atoms in total. The van der Waals surface area contributed by atoms with E-state index in [0.29, 0.717) is 12.0 Å². The summed E-state index contributed by atoms with van der Waals surface area (Å²) in [5.74, 6) is -1.85. The van der Waals surface area contributed by atoms with E-state index in [4.69, 9.17) is 0 Å². The van der Waals surface area contributed by atoms with Crippen molar-refractivity contribution >= 4 is 5.97 Å². The van der Waals surface area contributed by atoms with Gasteiger partial charge in [0.05, 0.1) is 5.97 Å². The molecule has 0 saturated heterocycles. The second-order valence-electron chi connectivity index (χ2n) is 5.49. The monoisotopic (exact) mass is 298 g/mol.